The van der Waals surface area contributed by atoms with Gasteiger partial charge in [-0.05, 0) is 43.4 Å². The van der Waals surface area contributed by atoms with Crippen molar-refractivity contribution in [1.29, 1.82) is 0 Å². The van der Waals surface area contributed by atoms with Crippen molar-refractivity contribution in [3.05, 3.63) is 47.6 Å². The maximum absolute atomic E-state index is 11.1. The third-order valence-corrected chi connectivity index (χ3v) is 4.16. The number of esters is 1. The minimum atomic E-state index is -0.190. The normalized spacial score (nSPS) is 23.0. The van der Waals surface area contributed by atoms with E-state index in [0.717, 1.165) is 17.0 Å². The van der Waals surface area contributed by atoms with Gasteiger partial charge in [0.05, 0.1) is 18.5 Å². The fourth-order valence-corrected chi connectivity index (χ4v) is 3.00. The van der Waals surface area contributed by atoms with Gasteiger partial charge >= 0.3 is 5.97 Å². The summed E-state index contributed by atoms with van der Waals surface area (Å²) in [5, 5.41) is 8.52. The zero-order valence-corrected chi connectivity index (χ0v) is 12.8. The highest BCUT2D eigenvalue weighted by atomic mass is 16.5. The van der Waals surface area contributed by atoms with Crippen molar-refractivity contribution in [3.63, 3.8) is 0 Å². The van der Waals surface area contributed by atoms with Gasteiger partial charge in [-0.25, -0.2) is 0 Å². The summed E-state index contributed by atoms with van der Waals surface area (Å²) in [6, 6.07) is 0. The molecule has 1 atom stereocenters. The fraction of sp³-hybridized carbons (Fsp3) is 0.389. The first-order chi connectivity index (χ1) is 10.8. The van der Waals surface area contributed by atoms with Crippen LogP contribution < -0.4 is 0 Å². The van der Waals surface area contributed by atoms with Crippen molar-refractivity contribution < 1.29 is 9.53 Å². The molecule has 0 N–H and O–H groups in total. The van der Waals surface area contributed by atoms with Crippen molar-refractivity contribution in [2.45, 2.75) is 32.1 Å². The lowest BCUT2D eigenvalue weighted by atomic mass is 9.86. The average Bonchev–Trinajstić information content (AvgIpc) is 3.14. The SMILES string of the molecule is COC(=O)CC/C=C\C1=NN=C2C=CC(C3C=CCCC3)=C21. The number of carbonyl (C=O) groups excluding carboxylic acids is 1. The summed E-state index contributed by atoms with van der Waals surface area (Å²) < 4.78 is 4.64. The second-order valence-corrected chi connectivity index (χ2v) is 5.62. The van der Waals surface area contributed by atoms with Crippen LogP contribution in [0.4, 0.5) is 0 Å². The van der Waals surface area contributed by atoms with Gasteiger partial charge < -0.3 is 4.74 Å². The van der Waals surface area contributed by atoms with Crippen LogP contribution in [0.3, 0.4) is 0 Å². The predicted molar refractivity (Wildman–Crippen MR) is 87.9 cm³/mol. The van der Waals surface area contributed by atoms with Crippen LogP contribution in [0.25, 0.3) is 0 Å². The van der Waals surface area contributed by atoms with Crippen LogP contribution in [-0.4, -0.2) is 24.5 Å². The standard InChI is InChI=1S/C18H20N2O2/c1-22-17(21)10-6-5-9-15-18-14(11-12-16(18)20-19-15)13-7-3-2-4-8-13/h3,5,7,9,11-13H,2,4,6,8,10H2,1H3/b9-5-. The molecule has 0 amide bonds. The molecule has 0 aromatic carbocycles. The molecular weight excluding hydrogens is 276 g/mol. The Balaban J connectivity index is 1.71. The molecule has 114 valence electrons. The molecule has 3 aliphatic rings. The third kappa shape index (κ3) is 3.01. The number of hydrogen-bond acceptors (Lipinski definition) is 4. The molecule has 22 heavy (non-hydrogen) atoms. The first-order valence-corrected chi connectivity index (χ1v) is 7.78. The van der Waals surface area contributed by atoms with Crippen molar-refractivity contribution >= 4 is 17.4 Å². The van der Waals surface area contributed by atoms with Gasteiger partial charge in [-0.3, -0.25) is 4.79 Å². The summed E-state index contributed by atoms with van der Waals surface area (Å²) in [6.07, 6.45) is 17.4. The molecule has 0 fully saturated rings. The van der Waals surface area contributed by atoms with E-state index in [9.17, 15) is 4.79 Å². The fourth-order valence-electron chi connectivity index (χ4n) is 3.00. The molecule has 0 radical (unpaired) electrons. The van der Waals surface area contributed by atoms with E-state index < -0.39 is 0 Å². The van der Waals surface area contributed by atoms with Crippen LogP contribution in [0.2, 0.25) is 0 Å². The molecule has 0 aromatic heterocycles. The molecule has 0 saturated heterocycles. The smallest absolute Gasteiger partial charge is 0.305 e. The molecular formula is C18H20N2O2. The van der Waals surface area contributed by atoms with Gasteiger partial charge in [-0.1, -0.05) is 24.3 Å². The molecule has 1 aliphatic heterocycles. The Morgan fingerprint density at radius 3 is 3.09 bits per heavy atom. The van der Waals surface area contributed by atoms with Gasteiger partial charge in [-0.15, -0.1) is 10.2 Å². The minimum Gasteiger partial charge on any atom is -0.469 e. The summed E-state index contributed by atoms with van der Waals surface area (Å²) in [6.45, 7) is 0. The lowest BCUT2D eigenvalue weighted by molar-refractivity contribution is -0.140. The highest BCUT2D eigenvalue weighted by molar-refractivity contribution is 6.35. The Bertz CT molecular complexity index is 648. The lowest BCUT2D eigenvalue weighted by Gasteiger charge is -2.18. The lowest BCUT2D eigenvalue weighted by Crippen LogP contribution is -2.09. The third-order valence-electron chi connectivity index (χ3n) is 4.16. The quantitative estimate of drug-likeness (QED) is 0.575. The van der Waals surface area contributed by atoms with E-state index in [0.29, 0.717) is 18.8 Å². The summed E-state index contributed by atoms with van der Waals surface area (Å²) in [5.74, 6) is 0.282. The van der Waals surface area contributed by atoms with E-state index in [2.05, 4.69) is 33.2 Å². The number of fused-ring (bicyclic) bond motifs is 1. The van der Waals surface area contributed by atoms with Crippen molar-refractivity contribution in [2.75, 3.05) is 7.11 Å². The molecule has 3 rings (SSSR count). The number of nitrogens with zero attached hydrogens (tertiary/aromatic N) is 2. The first-order valence-electron chi connectivity index (χ1n) is 7.78. The van der Waals surface area contributed by atoms with Crippen LogP contribution >= 0.6 is 0 Å². The molecule has 0 spiro atoms. The Kier molecular flexibility index (Phi) is 4.47. The average molecular weight is 296 g/mol. The van der Waals surface area contributed by atoms with Gasteiger partial charge in [0.25, 0.3) is 0 Å². The van der Waals surface area contributed by atoms with Crippen LogP contribution in [0.1, 0.15) is 32.1 Å². The van der Waals surface area contributed by atoms with Crippen LogP contribution in [0, 0.1) is 5.92 Å². The van der Waals surface area contributed by atoms with E-state index in [1.165, 1.54) is 31.9 Å². The van der Waals surface area contributed by atoms with Crippen LogP contribution in [-0.2, 0) is 9.53 Å². The maximum Gasteiger partial charge on any atom is 0.305 e. The number of allylic oxidation sites excluding steroid dienone is 8. The van der Waals surface area contributed by atoms with Crippen molar-refractivity contribution in [2.24, 2.45) is 16.1 Å². The van der Waals surface area contributed by atoms with Gasteiger partial charge in [-0.2, -0.15) is 0 Å². The number of ether oxygens (including phenoxy) is 1. The van der Waals surface area contributed by atoms with E-state index in [1.807, 2.05) is 18.2 Å². The van der Waals surface area contributed by atoms with Crippen LogP contribution in [0.5, 0.6) is 0 Å². The molecule has 0 aromatic rings. The Morgan fingerprint density at radius 1 is 1.41 bits per heavy atom. The van der Waals surface area contributed by atoms with E-state index in [4.69, 9.17) is 0 Å². The number of methoxy groups -OCH3 is 1. The summed E-state index contributed by atoms with van der Waals surface area (Å²) in [7, 11) is 1.41. The summed E-state index contributed by atoms with van der Waals surface area (Å²) >= 11 is 0. The molecule has 2 aliphatic carbocycles. The topological polar surface area (TPSA) is 51.0 Å². The van der Waals surface area contributed by atoms with Gasteiger partial charge in [0.2, 0.25) is 0 Å². The molecule has 4 nitrogen and oxygen atoms in total. The van der Waals surface area contributed by atoms with Gasteiger partial charge in [0, 0.05) is 17.9 Å². The Labute approximate surface area is 130 Å². The molecule has 1 heterocycles. The largest absolute Gasteiger partial charge is 0.469 e. The van der Waals surface area contributed by atoms with E-state index >= 15 is 0 Å². The summed E-state index contributed by atoms with van der Waals surface area (Å²) in [5.41, 5.74) is 4.34. The minimum absolute atomic E-state index is 0.190. The van der Waals surface area contributed by atoms with Crippen molar-refractivity contribution in [1.82, 2.24) is 0 Å². The second kappa shape index (κ2) is 6.69. The first kappa shape index (κ1) is 14.7. The highest BCUT2D eigenvalue weighted by Crippen LogP contribution is 2.34. The van der Waals surface area contributed by atoms with E-state index in [1.54, 1.807) is 0 Å². The van der Waals surface area contributed by atoms with Gasteiger partial charge in [0.15, 0.2) is 0 Å². The van der Waals surface area contributed by atoms with E-state index in [-0.39, 0.29) is 5.97 Å². The Morgan fingerprint density at radius 2 is 2.32 bits per heavy atom. The monoisotopic (exact) mass is 296 g/mol. The predicted octanol–water partition coefficient (Wildman–Crippen LogP) is 3.53. The molecule has 1 unspecified atom stereocenters. The summed E-state index contributed by atoms with van der Waals surface area (Å²) in [4.78, 5) is 11.1. The highest BCUT2D eigenvalue weighted by Gasteiger charge is 2.27. The number of hydrogen-bond donors (Lipinski definition) is 0. The maximum atomic E-state index is 11.1. The number of rotatable bonds is 5. The molecule has 0 saturated carbocycles. The Hall–Kier alpha value is -2.23. The molecule has 0 bridgehead atoms. The zero-order chi connectivity index (χ0) is 15.4. The molecule has 4 heteroatoms. The zero-order valence-electron chi connectivity index (χ0n) is 12.8. The number of carbonyl (C=O) groups is 1. The van der Waals surface area contributed by atoms with Gasteiger partial charge in [0.1, 0.15) is 0 Å². The van der Waals surface area contributed by atoms with Crippen molar-refractivity contribution in [3.8, 4) is 0 Å². The second-order valence-electron chi connectivity index (χ2n) is 5.62. The van der Waals surface area contributed by atoms with Crippen LogP contribution in [0.15, 0.2) is 57.8 Å².